The molecule has 0 aliphatic heterocycles. The molecule has 4 N–H and O–H groups in total. The van der Waals surface area contributed by atoms with Crippen molar-refractivity contribution in [2.24, 2.45) is 11.3 Å². The van der Waals surface area contributed by atoms with Crippen LogP contribution in [0.15, 0.2) is 0 Å². The maximum absolute atomic E-state index is 12.2. The average molecular weight is 316 g/mol. The van der Waals surface area contributed by atoms with Crippen LogP contribution in [0.1, 0.15) is 47.5 Å². The van der Waals surface area contributed by atoms with Crippen LogP contribution in [-0.2, 0) is 14.4 Å². The van der Waals surface area contributed by atoms with Gasteiger partial charge in [-0.3, -0.25) is 9.59 Å². The SMILES string of the molecule is CC(C)[C@@H](NC(=O)[C@H](CC(=O)O)NCCC(C)(C)C)C(=O)O. The molecule has 0 heterocycles. The maximum atomic E-state index is 12.2. The number of amides is 1. The van der Waals surface area contributed by atoms with Gasteiger partial charge in [0.2, 0.25) is 5.91 Å². The standard InChI is InChI=1S/C15H28N2O5/c1-9(2)12(14(21)22)17-13(20)10(8-11(18)19)16-7-6-15(3,4)5/h9-10,12,16H,6-8H2,1-5H3,(H,17,20)(H,18,19)(H,21,22)/t10-,12+/m0/s1. The molecule has 0 rings (SSSR count). The Morgan fingerprint density at radius 3 is 2.00 bits per heavy atom. The third-order valence-electron chi connectivity index (χ3n) is 3.19. The van der Waals surface area contributed by atoms with Crippen LogP contribution in [0.3, 0.4) is 0 Å². The molecule has 0 aromatic rings. The summed E-state index contributed by atoms with van der Waals surface area (Å²) < 4.78 is 0. The van der Waals surface area contributed by atoms with Crippen molar-refractivity contribution < 1.29 is 24.6 Å². The molecule has 0 spiro atoms. The summed E-state index contributed by atoms with van der Waals surface area (Å²) in [7, 11) is 0. The molecule has 0 fully saturated rings. The second-order valence-corrected chi connectivity index (χ2v) is 6.98. The highest BCUT2D eigenvalue weighted by molar-refractivity contribution is 5.89. The predicted octanol–water partition coefficient (Wildman–Crippen LogP) is 1.08. The topological polar surface area (TPSA) is 116 Å². The minimum atomic E-state index is -1.13. The molecule has 0 bridgehead atoms. The number of hydrogen-bond acceptors (Lipinski definition) is 4. The number of rotatable bonds is 9. The zero-order chi connectivity index (χ0) is 17.5. The summed E-state index contributed by atoms with van der Waals surface area (Å²) in [6, 6.07) is -1.98. The van der Waals surface area contributed by atoms with Crippen LogP contribution in [0.25, 0.3) is 0 Å². The number of aliphatic carboxylic acids is 2. The monoisotopic (exact) mass is 316 g/mol. The quantitative estimate of drug-likeness (QED) is 0.506. The lowest BCUT2D eigenvalue weighted by atomic mass is 9.92. The first-order chi connectivity index (χ1) is 9.94. The second-order valence-electron chi connectivity index (χ2n) is 6.98. The summed E-state index contributed by atoms with van der Waals surface area (Å²) in [4.78, 5) is 34.2. The van der Waals surface area contributed by atoms with E-state index in [2.05, 4.69) is 10.6 Å². The Labute approximate surface area is 131 Å². The Balaban J connectivity index is 4.76. The summed E-state index contributed by atoms with van der Waals surface area (Å²) in [5.74, 6) is -3.13. The molecule has 7 nitrogen and oxygen atoms in total. The Kier molecular flexibility index (Phi) is 8.08. The normalized spacial score (nSPS) is 14.5. The van der Waals surface area contributed by atoms with Crippen molar-refractivity contribution in [1.29, 1.82) is 0 Å². The molecular weight excluding hydrogens is 288 g/mol. The van der Waals surface area contributed by atoms with Crippen molar-refractivity contribution in [2.45, 2.75) is 59.5 Å². The van der Waals surface area contributed by atoms with E-state index in [0.29, 0.717) is 6.54 Å². The molecule has 128 valence electrons. The fraction of sp³-hybridized carbons (Fsp3) is 0.800. The van der Waals surface area contributed by atoms with Crippen LogP contribution in [0, 0.1) is 11.3 Å². The summed E-state index contributed by atoms with van der Waals surface area (Å²) in [6.07, 6.45) is 0.378. The van der Waals surface area contributed by atoms with Gasteiger partial charge in [-0.1, -0.05) is 34.6 Å². The van der Waals surface area contributed by atoms with Gasteiger partial charge in [-0.25, -0.2) is 4.79 Å². The van der Waals surface area contributed by atoms with Crippen molar-refractivity contribution in [2.75, 3.05) is 6.54 Å². The van der Waals surface area contributed by atoms with Gasteiger partial charge < -0.3 is 20.8 Å². The minimum Gasteiger partial charge on any atom is -0.481 e. The van der Waals surface area contributed by atoms with Crippen molar-refractivity contribution in [3.63, 3.8) is 0 Å². The van der Waals surface area contributed by atoms with Crippen LogP contribution in [0.5, 0.6) is 0 Å². The van der Waals surface area contributed by atoms with E-state index in [1.165, 1.54) is 0 Å². The molecule has 0 aromatic heterocycles. The zero-order valence-corrected chi connectivity index (χ0v) is 14.0. The largest absolute Gasteiger partial charge is 0.481 e. The molecule has 0 aliphatic rings. The molecule has 1 amide bonds. The Morgan fingerprint density at radius 1 is 1.09 bits per heavy atom. The highest BCUT2D eigenvalue weighted by Gasteiger charge is 2.28. The highest BCUT2D eigenvalue weighted by atomic mass is 16.4. The van der Waals surface area contributed by atoms with E-state index in [4.69, 9.17) is 10.2 Å². The first kappa shape index (κ1) is 20.4. The van der Waals surface area contributed by atoms with Crippen LogP contribution in [0.4, 0.5) is 0 Å². The smallest absolute Gasteiger partial charge is 0.326 e. The average Bonchev–Trinajstić information content (AvgIpc) is 2.31. The highest BCUT2D eigenvalue weighted by Crippen LogP contribution is 2.17. The molecule has 2 atom stereocenters. The summed E-state index contributed by atoms with van der Waals surface area (Å²) >= 11 is 0. The van der Waals surface area contributed by atoms with Gasteiger partial charge in [-0.15, -0.1) is 0 Å². The van der Waals surface area contributed by atoms with E-state index in [-0.39, 0.29) is 17.8 Å². The molecule has 0 unspecified atom stereocenters. The van der Waals surface area contributed by atoms with Crippen LogP contribution >= 0.6 is 0 Å². The molecule has 0 saturated carbocycles. The summed E-state index contributed by atoms with van der Waals surface area (Å²) in [5, 5.41) is 23.3. The van der Waals surface area contributed by atoms with E-state index < -0.39 is 29.9 Å². The number of nitrogens with one attached hydrogen (secondary N) is 2. The Hall–Kier alpha value is -1.63. The van der Waals surface area contributed by atoms with E-state index in [1.807, 2.05) is 20.8 Å². The van der Waals surface area contributed by atoms with Gasteiger partial charge in [0.25, 0.3) is 0 Å². The number of carbonyl (C=O) groups excluding carboxylic acids is 1. The van der Waals surface area contributed by atoms with Crippen LogP contribution in [-0.4, -0.2) is 46.7 Å². The Bertz CT molecular complexity index is 401. The first-order valence-electron chi connectivity index (χ1n) is 7.42. The number of carboxylic acid groups (broad SMARTS) is 2. The second kappa shape index (κ2) is 8.73. The summed E-state index contributed by atoms with van der Waals surface area (Å²) in [6.45, 7) is 9.96. The van der Waals surface area contributed by atoms with Crippen LogP contribution in [0.2, 0.25) is 0 Å². The number of carbonyl (C=O) groups is 3. The zero-order valence-electron chi connectivity index (χ0n) is 14.0. The Morgan fingerprint density at radius 2 is 1.64 bits per heavy atom. The van der Waals surface area contributed by atoms with Gasteiger partial charge in [0.1, 0.15) is 6.04 Å². The molecule has 0 saturated heterocycles. The minimum absolute atomic E-state index is 0.0543. The fourth-order valence-corrected chi connectivity index (χ4v) is 1.82. The van der Waals surface area contributed by atoms with E-state index >= 15 is 0 Å². The molecular formula is C15H28N2O5. The lowest BCUT2D eigenvalue weighted by molar-refractivity contribution is -0.144. The molecule has 0 aliphatic carbocycles. The lowest BCUT2D eigenvalue weighted by Gasteiger charge is -2.24. The van der Waals surface area contributed by atoms with Crippen molar-refractivity contribution >= 4 is 17.8 Å². The first-order valence-corrected chi connectivity index (χ1v) is 7.42. The van der Waals surface area contributed by atoms with Gasteiger partial charge in [0.05, 0.1) is 12.5 Å². The van der Waals surface area contributed by atoms with E-state index in [9.17, 15) is 14.4 Å². The van der Waals surface area contributed by atoms with E-state index in [1.54, 1.807) is 13.8 Å². The number of hydrogen-bond donors (Lipinski definition) is 4. The lowest BCUT2D eigenvalue weighted by Crippen LogP contribution is -2.52. The fourth-order valence-electron chi connectivity index (χ4n) is 1.82. The van der Waals surface area contributed by atoms with Crippen molar-refractivity contribution in [3.8, 4) is 0 Å². The van der Waals surface area contributed by atoms with Crippen LogP contribution < -0.4 is 10.6 Å². The van der Waals surface area contributed by atoms with Gasteiger partial charge in [-0.05, 0) is 24.3 Å². The molecule has 7 heteroatoms. The predicted molar refractivity (Wildman–Crippen MR) is 82.5 cm³/mol. The van der Waals surface area contributed by atoms with Gasteiger partial charge >= 0.3 is 11.9 Å². The van der Waals surface area contributed by atoms with E-state index in [0.717, 1.165) is 6.42 Å². The molecule has 0 radical (unpaired) electrons. The van der Waals surface area contributed by atoms with Gasteiger partial charge in [0, 0.05) is 0 Å². The van der Waals surface area contributed by atoms with Gasteiger partial charge in [0.15, 0.2) is 0 Å². The van der Waals surface area contributed by atoms with Crippen molar-refractivity contribution in [1.82, 2.24) is 10.6 Å². The van der Waals surface area contributed by atoms with Crippen molar-refractivity contribution in [3.05, 3.63) is 0 Å². The third kappa shape index (κ3) is 8.61. The number of carboxylic acids is 2. The molecule has 0 aromatic carbocycles. The van der Waals surface area contributed by atoms with Gasteiger partial charge in [-0.2, -0.15) is 0 Å². The summed E-state index contributed by atoms with van der Waals surface area (Å²) in [5.41, 5.74) is 0.0543. The molecule has 22 heavy (non-hydrogen) atoms. The maximum Gasteiger partial charge on any atom is 0.326 e. The third-order valence-corrected chi connectivity index (χ3v) is 3.19.